The summed E-state index contributed by atoms with van der Waals surface area (Å²) in [5.74, 6) is 0.229. The van der Waals surface area contributed by atoms with Gasteiger partial charge in [-0.3, -0.25) is 4.90 Å². The standard InChI is InChI=1S/C31H39N3O2S/c1-25(2)37-29-15-9-14-28(24-29)32-31(35)34(19-18-33-20-22-36-23-21-33)17-16-30(26-10-5-3-6-11-26)27-12-7-4-8-13-27/h3-15,24-25,30H,16-23H2,1-2H3,(H,32,35). The van der Waals surface area contributed by atoms with Crippen LogP contribution in [-0.4, -0.2) is 67.0 Å². The van der Waals surface area contributed by atoms with Gasteiger partial charge in [0, 0.05) is 54.5 Å². The van der Waals surface area contributed by atoms with Gasteiger partial charge in [0.25, 0.3) is 0 Å². The highest BCUT2D eigenvalue weighted by Gasteiger charge is 2.21. The van der Waals surface area contributed by atoms with Crippen molar-refractivity contribution in [1.29, 1.82) is 0 Å². The molecule has 1 fully saturated rings. The fourth-order valence-electron chi connectivity index (χ4n) is 4.71. The zero-order valence-corrected chi connectivity index (χ0v) is 22.8. The van der Waals surface area contributed by atoms with E-state index in [9.17, 15) is 4.79 Å². The Labute approximate surface area is 226 Å². The average Bonchev–Trinajstić information content (AvgIpc) is 2.92. The predicted octanol–water partition coefficient (Wildman–Crippen LogP) is 6.58. The summed E-state index contributed by atoms with van der Waals surface area (Å²) >= 11 is 1.80. The van der Waals surface area contributed by atoms with E-state index in [1.807, 2.05) is 17.0 Å². The summed E-state index contributed by atoms with van der Waals surface area (Å²) in [4.78, 5) is 19.1. The van der Waals surface area contributed by atoms with Crippen LogP contribution in [-0.2, 0) is 4.74 Å². The number of morpholine rings is 1. The maximum Gasteiger partial charge on any atom is 0.321 e. The number of nitrogens with zero attached hydrogens (tertiary/aromatic N) is 2. The molecule has 1 aliphatic rings. The van der Waals surface area contributed by atoms with Crippen LogP contribution in [0.2, 0.25) is 0 Å². The van der Waals surface area contributed by atoms with E-state index >= 15 is 0 Å². The van der Waals surface area contributed by atoms with E-state index < -0.39 is 0 Å². The summed E-state index contributed by atoms with van der Waals surface area (Å²) in [5.41, 5.74) is 3.40. The summed E-state index contributed by atoms with van der Waals surface area (Å²) in [5, 5.41) is 3.67. The molecule has 1 saturated heterocycles. The van der Waals surface area contributed by atoms with Crippen molar-refractivity contribution < 1.29 is 9.53 Å². The predicted molar refractivity (Wildman–Crippen MR) is 155 cm³/mol. The molecule has 196 valence electrons. The van der Waals surface area contributed by atoms with Crippen LogP contribution in [0.4, 0.5) is 10.5 Å². The maximum absolute atomic E-state index is 13.6. The largest absolute Gasteiger partial charge is 0.379 e. The minimum absolute atomic E-state index is 0.0418. The topological polar surface area (TPSA) is 44.8 Å². The normalized spacial score (nSPS) is 14.2. The molecule has 0 radical (unpaired) electrons. The monoisotopic (exact) mass is 517 g/mol. The van der Waals surface area contributed by atoms with E-state index in [4.69, 9.17) is 4.74 Å². The fourth-order valence-corrected chi connectivity index (χ4v) is 5.60. The number of benzene rings is 3. The third-order valence-corrected chi connectivity index (χ3v) is 7.62. The second kappa shape index (κ2) is 14.2. The number of urea groups is 1. The number of hydrogen-bond acceptors (Lipinski definition) is 4. The van der Waals surface area contributed by atoms with Gasteiger partial charge < -0.3 is 15.0 Å². The molecule has 5 nitrogen and oxygen atoms in total. The summed E-state index contributed by atoms with van der Waals surface area (Å²) in [6, 6.07) is 29.3. The molecule has 4 rings (SSSR count). The van der Waals surface area contributed by atoms with Gasteiger partial charge in [0.05, 0.1) is 13.2 Å². The molecule has 0 aromatic heterocycles. The van der Waals surface area contributed by atoms with Crippen molar-refractivity contribution in [2.45, 2.75) is 36.3 Å². The third kappa shape index (κ3) is 8.63. The van der Waals surface area contributed by atoms with Gasteiger partial charge in [0.15, 0.2) is 0 Å². The van der Waals surface area contributed by atoms with Crippen LogP contribution < -0.4 is 5.32 Å². The van der Waals surface area contributed by atoms with Crippen molar-refractivity contribution in [3.63, 3.8) is 0 Å². The Morgan fingerprint density at radius 1 is 0.919 bits per heavy atom. The molecule has 3 aromatic carbocycles. The van der Waals surface area contributed by atoms with Crippen molar-refractivity contribution in [3.8, 4) is 0 Å². The number of thioether (sulfide) groups is 1. The summed E-state index contributed by atoms with van der Waals surface area (Å²) < 4.78 is 5.51. The lowest BCUT2D eigenvalue weighted by Gasteiger charge is -2.31. The van der Waals surface area contributed by atoms with Crippen molar-refractivity contribution in [3.05, 3.63) is 96.1 Å². The van der Waals surface area contributed by atoms with Gasteiger partial charge in [-0.15, -0.1) is 11.8 Å². The smallest absolute Gasteiger partial charge is 0.321 e. The Bertz CT molecular complexity index is 1050. The number of rotatable bonds is 11. The second-order valence-corrected chi connectivity index (χ2v) is 11.4. The Balaban J connectivity index is 1.48. The lowest BCUT2D eigenvalue weighted by Crippen LogP contribution is -2.44. The number of amides is 2. The first-order valence-corrected chi connectivity index (χ1v) is 14.2. The zero-order chi connectivity index (χ0) is 25.9. The van der Waals surface area contributed by atoms with Crippen molar-refractivity contribution in [1.82, 2.24) is 9.80 Å². The first-order valence-electron chi connectivity index (χ1n) is 13.3. The van der Waals surface area contributed by atoms with E-state index in [1.54, 1.807) is 11.8 Å². The Morgan fingerprint density at radius 2 is 1.57 bits per heavy atom. The van der Waals surface area contributed by atoms with Crippen LogP contribution in [0.15, 0.2) is 89.8 Å². The molecule has 0 unspecified atom stereocenters. The second-order valence-electron chi connectivity index (χ2n) is 9.73. The highest BCUT2D eigenvalue weighted by atomic mass is 32.2. The van der Waals surface area contributed by atoms with E-state index in [1.165, 1.54) is 16.0 Å². The summed E-state index contributed by atoms with van der Waals surface area (Å²) in [6.45, 7) is 9.92. The molecule has 0 aliphatic carbocycles. The lowest BCUT2D eigenvalue weighted by molar-refractivity contribution is 0.0351. The van der Waals surface area contributed by atoms with E-state index in [0.29, 0.717) is 18.3 Å². The molecule has 0 spiro atoms. The average molecular weight is 518 g/mol. The van der Waals surface area contributed by atoms with Gasteiger partial charge in [-0.1, -0.05) is 80.6 Å². The SMILES string of the molecule is CC(C)Sc1cccc(NC(=O)N(CCC(c2ccccc2)c2ccccc2)CCN2CCOCC2)c1. The van der Waals surface area contributed by atoms with Gasteiger partial charge >= 0.3 is 6.03 Å². The number of carbonyl (C=O) groups is 1. The van der Waals surface area contributed by atoms with Crippen LogP contribution in [0, 0.1) is 0 Å². The van der Waals surface area contributed by atoms with Crippen molar-refractivity contribution in [2.75, 3.05) is 51.3 Å². The van der Waals surface area contributed by atoms with Crippen molar-refractivity contribution >= 4 is 23.5 Å². The molecular formula is C31H39N3O2S. The molecule has 37 heavy (non-hydrogen) atoms. The molecule has 1 aliphatic heterocycles. The number of nitrogens with one attached hydrogen (secondary N) is 1. The Hall–Kier alpha value is -2.80. The summed E-state index contributed by atoms with van der Waals surface area (Å²) in [7, 11) is 0. The molecule has 0 bridgehead atoms. The minimum atomic E-state index is -0.0418. The van der Waals surface area contributed by atoms with Crippen LogP contribution in [0.25, 0.3) is 0 Å². The number of hydrogen-bond donors (Lipinski definition) is 1. The molecule has 6 heteroatoms. The van der Waals surface area contributed by atoms with Crippen molar-refractivity contribution in [2.24, 2.45) is 0 Å². The van der Waals surface area contributed by atoms with Gasteiger partial charge in [-0.2, -0.15) is 0 Å². The zero-order valence-electron chi connectivity index (χ0n) is 22.0. The maximum atomic E-state index is 13.6. The van der Waals surface area contributed by atoms with Crippen LogP contribution in [0.5, 0.6) is 0 Å². The highest BCUT2D eigenvalue weighted by Crippen LogP contribution is 2.29. The van der Waals surface area contributed by atoms with Crippen LogP contribution in [0.1, 0.15) is 37.3 Å². The Kier molecular flexibility index (Phi) is 10.5. The van der Waals surface area contributed by atoms with Gasteiger partial charge in [-0.05, 0) is 35.7 Å². The summed E-state index contributed by atoms with van der Waals surface area (Å²) in [6.07, 6.45) is 0.855. The molecular weight excluding hydrogens is 478 g/mol. The van der Waals surface area contributed by atoms with Crippen LogP contribution in [0.3, 0.4) is 0 Å². The number of anilines is 1. The van der Waals surface area contributed by atoms with E-state index in [-0.39, 0.29) is 11.9 Å². The minimum Gasteiger partial charge on any atom is -0.379 e. The fraction of sp³-hybridized carbons (Fsp3) is 0.387. The van der Waals surface area contributed by atoms with Crippen LogP contribution >= 0.6 is 11.8 Å². The van der Waals surface area contributed by atoms with E-state index in [2.05, 4.69) is 96.9 Å². The molecule has 2 amide bonds. The Morgan fingerprint density at radius 3 is 2.19 bits per heavy atom. The molecule has 1 heterocycles. The first-order chi connectivity index (χ1) is 18.1. The van der Waals surface area contributed by atoms with Gasteiger partial charge in [0.1, 0.15) is 0 Å². The molecule has 0 atom stereocenters. The number of ether oxygens (including phenoxy) is 1. The molecule has 3 aromatic rings. The molecule has 0 saturated carbocycles. The lowest BCUT2D eigenvalue weighted by atomic mass is 9.88. The van der Waals surface area contributed by atoms with E-state index in [0.717, 1.165) is 45.0 Å². The van der Waals surface area contributed by atoms with Gasteiger partial charge in [-0.25, -0.2) is 4.79 Å². The molecule has 1 N–H and O–H groups in total. The third-order valence-electron chi connectivity index (χ3n) is 6.63. The quantitative estimate of drug-likeness (QED) is 0.292. The number of carbonyl (C=O) groups excluding carboxylic acids is 1. The van der Waals surface area contributed by atoms with Gasteiger partial charge in [0.2, 0.25) is 0 Å². The highest BCUT2D eigenvalue weighted by molar-refractivity contribution is 7.99. The first kappa shape index (κ1) is 27.2.